The van der Waals surface area contributed by atoms with Crippen LogP contribution in [0.5, 0.6) is 0 Å². The van der Waals surface area contributed by atoms with Gasteiger partial charge in [0.2, 0.25) is 6.29 Å². The molecule has 0 radical (unpaired) electrons. The first-order valence-electron chi connectivity index (χ1n) is 24.6. The fourth-order valence-electron chi connectivity index (χ4n) is 15.4. The molecule has 7 fully saturated rings. The fraction of sp³-hybridized carbons (Fsp3) is 0.938. The zero-order valence-corrected chi connectivity index (χ0v) is 40.1. The van der Waals surface area contributed by atoms with Crippen molar-refractivity contribution in [3.63, 3.8) is 0 Å². The van der Waals surface area contributed by atoms with E-state index >= 15 is 4.79 Å². The maximum atomic E-state index is 15.0. The fourth-order valence-corrected chi connectivity index (χ4v) is 15.4. The highest BCUT2D eigenvalue weighted by Crippen LogP contribution is 2.76. The third-order valence-corrected chi connectivity index (χ3v) is 19.6. The lowest BCUT2D eigenvalue weighted by Crippen LogP contribution is -2.71. The quantitative estimate of drug-likeness (QED) is 0.0873. The molecule has 0 unspecified atom stereocenters. The summed E-state index contributed by atoms with van der Waals surface area (Å²) < 4.78 is 34.6. The van der Waals surface area contributed by atoms with Crippen molar-refractivity contribution in [2.24, 2.45) is 56.7 Å². The summed E-state index contributed by atoms with van der Waals surface area (Å²) in [6.07, 6.45) is -22.3. The van der Waals surface area contributed by atoms with Gasteiger partial charge in [-0.1, -0.05) is 53.2 Å². The molecule has 4 saturated carbocycles. The normalized spacial score (nSPS) is 57.1. The smallest absolute Gasteiger partial charge is 0.315 e. The number of ether oxygens (including phenoxy) is 6. The van der Waals surface area contributed by atoms with Gasteiger partial charge < -0.3 is 94.8 Å². The summed E-state index contributed by atoms with van der Waals surface area (Å²) in [7, 11) is 0. The number of rotatable bonds is 9. The number of fused-ring (bicyclic) bond motifs is 7. The van der Waals surface area contributed by atoms with Crippen molar-refractivity contribution in [3.05, 3.63) is 11.6 Å². The van der Waals surface area contributed by atoms with Crippen molar-refractivity contribution in [3.8, 4) is 0 Å². The molecule has 5 aliphatic carbocycles. The maximum Gasteiger partial charge on any atom is 0.315 e. The third-order valence-electron chi connectivity index (χ3n) is 19.6. The Balaban J connectivity index is 0.994. The summed E-state index contributed by atoms with van der Waals surface area (Å²) in [5.41, 5.74) is -2.84. The van der Waals surface area contributed by atoms with Gasteiger partial charge in [0.1, 0.15) is 67.1 Å². The topological polar surface area (TPSA) is 335 Å². The van der Waals surface area contributed by atoms with Gasteiger partial charge in [-0.15, -0.1) is 0 Å². The number of hydrogen-bond donors (Lipinski definition) is 13. The van der Waals surface area contributed by atoms with Crippen molar-refractivity contribution in [1.82, 2.24) is 0 Å². The second-order valence-corrected chi connectivity index (χ2v) is 23.1. The van der Waals surface area contributed by atoms with E-state index in [1.54, 1.807) is 6.92 Å². The number of allylic oxidation sites excluding steroid dienone is 2. The predicted molar refractivity (Wildman–Crippen MR) is 233 cm³/mol. The number of esters is 1. The second-order valence-electron chi connectivity index (χ2n) is 23.1. The van der Waals surface area contributed by atoms with Gasteiger partial charge in [-0.25, -0.2) is 0 Å². The van der Waals surface area contributed by atoms with Gasteiger partial charge in [0.15, 0.2) is 12.6 Å². The van der Waals surface area contributed by atoms with Gasteiger partial charge in [-0.3, -0.25) is 4.79 Å². The van der Waals surface area contributed by atoms with Crippen LogP contribution in [0.15, 0.2) is 11.6 Å². The minimum absolute atomic E-state index is 0.0115. The van der Waals surface area contributed by atoms with E-state index < -0.39 is 169 Å². The van der Waals surface area contributed by atoms with Gasteiger partial charge >= 0.3 is 5.97 Å². The number of aliphatic hydroxyl groups excluding tert-OH is 13. The number of hydrogen-bond acceptors (Lipinski definition) is 20. The summed E-state index contributed by atoms with van der Waals surface area (Å²) in [5.74, 6) is -1.31. The number of carbonyl (C=O) groups is 1. The molecule has 28 atom stereocenters. The Morgan fingerprint density at radius 1 is 0.706 bits per heavy atom. The van der Waals surface area contributed by atoms with E-state index in [9.17, 15) is 66.4 Å². The van der Waals surface area contributed by atoms with Crippen LogP contribution in [0.3, 0.4) is 0 Å². The summed E-state index contributed by atoms with van der Waals surface area (Å²) in [6.45, 7) is 12.1. The minimum Gasteiger partial charge on any atom is -0.432 e. The van der Waals surface area contributed by atoms with Gasteiger partial charge in [0.25, 0.3) is 0 Å². The maximum absolute atomic E-state index is 15.0. The number of carbonyl (C=O) groups excluding carboxylic acids is 1. The van der Waals surface area contributed by atoms with Crippen LogP contribution in [-0.4, -0.2) is 203 Å². The Kier molecular flexibility index (Phi) is 14.6. The molecule has 3 aliphatic heterocycles. The lowest BCUT2D eigenvalue weighted by molar-refractivity contribution is -0.361. The molecule has 8 aliphatic rings. The van der Waals surface area contributed by atoms with E-state index in [4.69, 9.17) is 28.4 Å². The molecule has 3 saturated heterocycles. The van der Waals surface area contributed by atoms with Crippen LogP contribution in [0.25, 0.3) is 0 Å². The summed E-state index contributed by atoms with van der Waals surface area (Å²) in [5, 5.41) is 142. The van der Waals surface area contributed by atoms with E-state index in [2.05, 4.69) is 40.7 Å². The average molecular weight is 975 g/mol. The molecule has 8 rings (SSSR count). The Morgan fingerprint density at radius 3 is 2.00 bits per heavy atom. The molecule has 20 nitrogen and oxygen atoms in total. The first-order chi connectivity index (χ1) is 31.8. The molecule has 0 bridgehead atoms. The van der Waals surface area contributed by atoms with Gasteiger partial charge in [0.05, 0.1) is 49.7 Å². The zero-order chi connectivity index (χ0) is 50.0. The Bertz CT molecular complexity index is 1860. The van der Waals surface area contributed by atoms with Crippen LogP contribution < -0.4 is 0 Å². The van der Waals surface area contributed by atoms with Crippen LogP contribution in [0, 0.1) is 56.7 Å². The molecule has 0 amide bonds. The van der Waals surface area contributed by atoms with E-state index in [1.165, 1.54) is 6.92 Å². The molecule has 3 heterocycles. The Morgan fingerprint density at radius 2 is 1.34 bits per heavy atom. The lowest BCUT2D eigenvalue weighted by Gasteiger charge is -2.72. The summed E-state index contributed by atoms with van der Waals surface area (Å²) in [4.78, 5) is 15.0. The third kappa shape index (κ3) is 7.89. The van der Waals surface area contributed by atoms with Crippen molar-refractivity contribution >= 4 is 5.97 Å². The predicted octanol–water partition coefficient (Wildman–Crippen LogP) is -2.06. The molecule has 0 spiro atoms. The molecular formula is C48H78O20. The van der Waals surface area contributed by atoms with Gasteiger partial charge in [-0.2, -0.15) is 0 Å². The molecular weight excluding hydrogens is 897 g/mol. The Hall–Kier alpha value is -1.51. The van der Waals surface area contributed by atoms with Gasteiger partial charge in [0, 0.05) is 11.3 Å². The highest BCUT2D eigenvalue weighted by Gasteiger charge is 2.73. The largest absolute Gasteiger partial charge is 0.432 e. The zero-order valence-electron chi connectivity index (χ0n) is 40.1. The molecule has 0 aromatic carbocycles. The molecule has 0 aromatic heterocycles. The standard InChI is InChI=1S/C48H78O20/c1-19-10-11-48(13-12-46(6)22(28(48)20(19)2)8-9-27-44(4)14-24(52)39(61)45(5,18-50)38(44)23(51)15-47(27,46)7)43(62)68-42-35(59)32(56)30(54)26(66-42)17-63-40-36(60)33(57)37(25(16-49)65-40)67-41-34(58)31(55)29(53)21(3)64-41/h8,19-21,23-42,49-61H,9-18H2,1-7H3/t19-,20+,21-,23-,24+,25-,26-,27-,28+,29-,30-,31+,32+,33-,34-,35+,36+,37-,38-,39-,40+,41-,42-,44+,45-,46-,47+,48+/m0/s1. The molecule has 13 N–H and O–H groups in total. The Labute approximate surface area is 396 Å². The van der Waals surface area contributed by atoms with E-state index in [-0.39, 0.29) is 30.1 Å². The first kappa shape index (κ1) is 52.8. The summed E-state index contributed by atoms with van der Waals surface area (Å²) in [6, 6.07) is 0. The van der Waals surface area contributed by atoms with Gasteiger partial charge in [-0.05, 0) is 91.8 Å². The van der Waals surface area contributed by atoms with Crippen molar-refractivity contribution in [2.45, 2.75) is 204 Å². The SMILES string of the molecule is C[C@@H]1[C@@H](C)CC[C@@]2(C(=O)O[C@@H]3O[C@@H](CO[C@@H]4O[C@@H](CO)[C@H](O[C@@H]5O[C@@H](C)[C@H](O)[C@@H](O)[C@@H]5O)[C@@H](O)[C@H]4O)[C@H](O)[C@@H](O)[C@H]3O)CC[C@@]3(C)C(=CC[C@H]4[C@@]5(C)C[C@@H](O)[C@H](O)[C@@](C)(CO)[C@H]5[C@@H](O)C[C@]43C)[C@@H]12. The van der Waals surface area contributed by atoms with Crippen LogP contribution in [-0.2, 0) is 33.2 Å². The van der Waals surface area contributed by atoms with Crippen molar-refractivity contribution < 1.29 is 99.6 Å². The lowest BCUT2D eigenvalue weighted by atomic mass is 9.32. The van der Waals surface area contributed by atoms with Crippen LogP contribution in [0.1, 0.15) is 93.4 Å². The van der Waals surface area contributed by atoms with Crippen molar-refractivity contribution in [2.75, 3.05) is 19.8 Å². The average Bonchev–Trinajstić information content (AvgIpc) is 3.29. The van der Waals surface area contributed by atoms with E-state index in [0.29, 0.717) is 38.5 Å². The van der Waals surface area contributed by atoms with Crippen LogP contribution in [0.4, 0.5) is 0 Å². The monoisotopic (exact) mass is 975 g/mol. The van der Waals surface area contributed by atoms with Crippen LogP contribution >= 0.6 is 0 Å². The highest BCUT2D eigenvalue weighted by atomic mass is 16.8. The van der Waals surface area contributed by atoms with Crippen molar-refractivity contribution in [1.29, 1.82) is 0 Å². The molecule has 68 heavy (non-hydrogen) atoms. The summed E-state index contributed by atoms with van der Waals surface area (Å²) >= 11 is 0. The molecule has 390 valence electrons. The second kappa shape index (κ2) is 18.8. The first-order valence-corrected chi connectivity index (χ1v) is 24.6. The number of aliphatic hydroxyl groups is 13. The molecule has 0 aromatic rings. The van der Waals surface area contributed by atoms with Crippen LogP contribution in [0.2, 0.25) is 0 Å². The molecule has 20 heteroatoms. The highest BCUT2D eigenvalue weighted by molar-refractivity contribution is 5.79. The van der Waals surface area contributed by atoms with E-state index in [1.807, 2.05) is 0 Å². The van der Waals surface area contributed by atoms with E-state index in [0.717, 1.165) is 5.57 Å². The minimum atomic E-state index is -1.89.